The predicted molar refractivity (Wildman–Crippen MR) is 40.8 cm³/mol. The minimum absolute atomic E-state index is 0.285. The van der Waals surface area contributed by atoms with Crippen LogP contribution in [-0.4, -0.2) is 0 Å². The average Bonchev–Trinajstić information content (AvgIpc) is 1.83. The van der Waals surface area contributed by atoms with Gasteiger partial charge in [0.25, 0.3) is 0 Å². The molecule has 0 aliphatic carbocycles. The third-order valence-electron chi connectivity index (χ3n) is 1.000. The summed E-state index contributed by atoms with van der Waals surface area (Å²) in [6.45, 7) is 0. The van der Waals surface area contributed by atoms with E-state index >= 15 is 0 Å². The van der Waals surface area contributed by atoms with Crippen LogP contribution in [0.2, 0.25) is 5.02 Å². The first kappa shape index (κ1) is 6.98. The second-order valence-electron chi connectivity index (χ2n) is 1.64. The lowest BCUT2D eigenvalue weighted by atomic mass is 10.3. The molecular weight excluding hydrogens is 157 g/mol. The molecule has 0 saturated carbocycles. The van der Waals surface area contributed by atoms with Crippen LogP contribution < -0.4 is 5.30 Å². The van der Waals surface area contributed by atoms with Crippen LogP contribution in [0, 0.1) is 5.82 Å². The molecule has 0 saturated heterocycles. The highest BCUT2D eigenvalue weighted by molar-refractivity contribution is 7.28. The van der Waals surface area contributed by atoms with Crippen molar-refractivity contribution in [3.05, 3.63) is 29.0 Å². The largest absolute Gasteiger partial charge is 0.206 e. The zero-order valence-electron chi connectivity index (χ0n) is 4.57. The first-order valence-corrected chi connectivity index (χ1v) is 3.37. The van der Waals surface area contributed by atoms with Gasteiger partial charge in [-0.05, 0) is 12.1 Å². The maximum absolute atomic E-state index is 12.5. The fourth-order valence-electron chi connectivity index (χ4n) is 0.511. The van der Waals surface area contributed by atoms with Crippen molar-refractivity contribution in [1.82, 2.24) is 0 Å². The molecule has 0 nitrogen and oxygen atoms in total. The topological polar surface area (TPSA) is 0 Å². The van der Waals surface area contributed by atoms with Gasteiger partial charge in [0.1, 0.15) is 5.82 Å². The maximum Gasteiger partial charge on any atom is 0.131 e. The smallest absolute Gasteiger partial charge is 0.131 e. The second kappa shape index (κ2) is 2.64. The molecule has 0 aliphatic heterocycles. The highest BCUT2D eigenvalue weighted by atomic mass is 35.5. The van der Waals surface area contributed by atoms with E-state index in [0.717, 1.165) is 0 Å². The van der Waals surface area contributed by atoms with E-state index in [4.69, 9.17) is 11.6 Å². The number of rotatable bonds is 0. The Balaban J connectivity index is 3.25. The lowest BCUT2D eigenvalue weighted by Crippen LogP contribution is -1.97. The molecule has 9 heavy (non-hydrogen) atoms. The van der Waals surface area contributed by atoms with Gasteiger partial charge in [0, 0.05) is 5.30 Å². The van der Waals surface area contributed by atoms with Crippen LogP contribution >= 0.6 is 20.8 Å². The van der Waals surface area contributed by atoms with Crippen molar-refractivity contribution in [3.8, 4) is 0 Å². The predicted octanol–water partition coefficient (Wildman–Crippen LogP) is 1.98. The van der Waals surface area contributed by atoms with Crippen LogP contribution in [0.3, 0.4) is 0 Å². The molecule has 0 radical (unpaired) electrons. The summed E-state index contributed by atoms with van der Waals surface area (Å²) in [6, 6.07) is 4.59. The van der Waals surface area contributed by atoms with Crippen molar-refractivity contribution in [2.75, 3.05) is 0 Å². The normalized spacial score (nSPS) is 9.67. The Labute approximate surface area is 60.2 Å². The molecule has 0 aromatic heterocycles. The highest BCUT2D eigenvalue weighted by Gasteiger charge is 1.98. The van der Waals surface area contributed by atoms with Crippen LogP contribution in [0.5, 0.6) is 0 Å². The van der Waals surface area contributed by atoms with Gasteiger partial charge in [0.05, 0.1) is 5.02 Å². The van der Waals surface area contributed by atoms with Crippen molar-refractivity contribution >= 4 is 26.1 Å². The zero-order chi connectivity index (χ0) is 6.85. The molecule has 0 heterocycles. The minimum Gasteiger partial charge on any atom is -0.206 e. The van der Waals surface area contributed by atoms with E-state index in [1.807, 2.05) is 0 Å². The molecule has 0 amide bonds. The van der Waals surface area contributed by atoms with Gasteiger partial charge in [-0.1, -0.05) is 17.7 Å². The summed E-state index contributed by atoms with van der Waals surface area (Å²) in [7, 11) is 2.24. The summed E-state index contributed by atoms with van der Waals surface area (Å²) in [5, 5.41) is 0.874. The van der Waals surface area contributed by atoms with Gasteiger partial charge in [-0.2, -0.15) is 0 Å². The monoisotopic (exact) mass is 162 g/mol. The molecule has 1 unspecified atom stereocenters. The molecule has 1 atom stereocenters. The van der Waals surface area contributed by atoms with Crippen LogP contribution in [0.1, 0.15) is 0 Å². The molecular formula is C6H5ClFP. The SMILES string of the molecule is Fc1cccc(Cl)c1P. The van der Waals surface area contributed by atoms with Crippen molar-refractivity contribution in [2.45, 2.75) is 0 Å². The van der Waals surface area contributed by atoms with Crippen LogP contribution in [0.15, 0.2) is 18.2 Å². The van der Waals surface area contributed by atoms with E-state index in [1.54, 1.807) is 12.1 Å². The second-order valence-corrected chi connectivity index (χ2v) is 2.62. The quantitative estimate of drug-likeness (QED) is 0.512. The summed E-state index contributed by atoms with van der Waals surface area (Å²) in [5.41, 5.74) is 0. The Hall–Kier alpha value is -0.130. The van der Waals surface area contributed by atoms with Crippen LogP contribution in [0.25, 0.3) is 0 Å². The Morgan fingerprint density at radius 1 is 1.44 bits per heavy atom. The first-order chi connectivity index (χ1) is 4.22. The number of halogens is 2. The van der Waals surface area contributed by atoms with Gasteiger partial charge in [-0.25, -0.2) is 4.39 Å². The summed E-state index contributed by atoms with van der Waals surface area (Å²) in [6.07, 6.45) is 0. The summed E-state index contributed by atoms with van der Waals surface area (Å²) in [5.74, 6) is -0.285. The molecule has 3 heteroatoms. The first-order valence-electron chi connectivity index (χ1n) is 2.41. The summed E-state index contributed by atoms with van der Waals surface area (Å²) >= 11 is 5.55. The number of hydrogen-bond acceptors (Lipinski definition) is 0. The van der Waals surface area contributed by atoms with Crippen molar-refractivity contribution < 1.29 is 4.39 Å². The molecule has 0 N–H and O–H groups in total. The minimum atomic E-state index is -0.285. The van der Waals surface area contributed by atoms with Crippen molar-refractivity contribution in [3.63, 3.8) is 0 Å². The average molecular weight is 163 g/mol. The fraction of sp³-hybridized carbons (Fsp3) is 0. The highest BCUT2D eigenvalue weighted by Crippen LogP contribution is 2.09. The van der Waals surface area contributed by atoms with Gasteiger partial charge in [0.2, 0.25) is 0 Å². The standard InChI is InChI=1S/C6H5ClFP/c7-4-2-1-3-5(8)6(4)9/h1-3H,9H2. The van der Waals surface area contributed by atoms with Crippen LogP contribution in [0.4, 0.5) is 4.39 Å². The Morgan fingerprint density at radius 3 is 2.56 bits per heavy atom. The summed E-state index contributed by atoms with van der Waals surface area (Å²) < 4.78 is 12.5. The number of hydrogen-bond donors (Lipinski definition) is 0. The van der Waals surface area contributed by atoms with Gasteiger partial charge >= 0.3 is 0 Å². The van der Waals surface area contributed by atoms with E-state index in [0.29, 0.717) is 10.3 Å². The van der Waals surface area contributed by atoms with Gasteiger partial charge < -0.3 is 0 Å². The Bertz CT molecular complexity index is 204. The van der Waals surface area contributed by atoms with Crippen LogP contribution in [-0.2, 0) is 0 Å². The van der Waals surface area contributed by atoms with Crippen molar-refractivity contribution in [1.29, 1.82) is 0 Å². The Morgan fingerprint density at radius 2 is 2.11 bits per heavy atom. The molecule has 0 bridgehead atoms. The molecule has 1 rings (SSSR count). The molecule has 48 valence electrons. The molecule has 1 aromatic carbocycles. The Kier molecular flexibility index (Phi) is 2.05. The van der Waals surface area contributed by atoms with E-state index in [1.165, 1.54) is 6.07 Å². The van der Waals surface area contributed by atoms with E-state index in [9.17, 15) is 4.39 Å². The fourth-order valence-corrected chi connectivity index (χ4v) is 0.866. The summed E-state index contributed by atoms with van der Waals surface area (Å²) in [4.78, 5) is 0. The zero-order valence-corrected chi connectivity index (χ0v) is 6.48. The van der Waals surface area contributed by atoms with Gasteiger partial charge in [-0.3, -0.25) is 0 Å². The lowest BCUT2D eigenvalue weighted by molar-refractivity contribution is 0.636. The van der Waals surface area contributed by atoms with Gasteiger partial charge in [-0.15, -0.1) is 9.24 Å². The van der Waals surface area contributed by atoms with Gasteiger partial charge in [0.15, 0.2) is 0 Å². The maximum atomic E-state index is 12.5. The lowest BCUT2D eigenvalue weighted by Gasteiger charge is -1.95. The third kappa shape index (κ3) is 1.41. The third-order valence-corrected chi connectivity index (χ3v) is 2.10. The van der Waals surface area contributed by atoms with E-state index in [2.05, 4.69) is 9.24 Å². The molecule has 0 aliphatic rings. The van der Waals surface area contributed by atoms with E-state index < -0.39 is 0 Å². The van der Waals surface area contributed by atoms with Crippen molar-refractivity contribution in [2.24, 2.45) is 0 Å². The molecule has 1 aromatic rings. The molecule has 0 fully saturated rings. The molecule has 0 spiro atoms. The number of benzene rings is 1. The van der Waals surface area contributed by atoms with E-state index in [-0.39, 0.29) is 5.82 Å².